The topological polar surface area (TPSA) is 3.24 Å². The highest BCUT2D eigenvalue weighted by Gasteiger charge is 2.51. The van der Waals surface area contributed by atoms with Gasteiger partial charge >= 0.3 is 0 Å². The Bertz CT molecular complexity index is 202. The summed E-state index contributed by atoms with van der Waals surface area (Å²) in [5, 5.41) is 0. The minimum Gasteiger partial charge on any atom is -0.306 e. The van der Waals surface area contributed by atoms with Crippen LogP contribution in [0, 0.1) is 16.2 Å². The monoisotopic (exact) mass is 211 g/mol. The third kappa shape index (κ3) is 2.22. The van der Waals surface area contributed by atoms with Gasteiger partial charge in [-0.1, -0.05) is 41.5 Å². The van der Waals surface area contributed by atoms with Crippen LogP contribution in [0.3, 0.4) is 0 Å². The lowest BCUT2D eigenvalue weighted by Crippen LogP contribution is -2.55. The van der Waals surface area contributed by atoms with E-state index in [4.69, 9.17) is 0 Å². The summed E-state index contributed by atoms with van der Waals surface area (Å²) in [7, 11) is 2.27. The molecule has 15 heavy (non-hydrogen) atoms. The number of nitrogens with zero attached hydrogens (tertiary/aromatic N) is 1. The largest absolute Gasteiger partial charge is 0.306 e. The van der Waals surface area contributed by atoms with E-state index in [1.165, 1.54) is 25.9 Å². The van der Waals surface area contributed by atoms with Gasteiger partial charge in [0.15, 0.2) is 0 Å². The summed E-state index contributed by atoms with van der Waals surface area (Å²) < 4.78 is 0. The molecule has 0 radical (unpaired) electrons. The van der Waals surface area contributed by atoms with Crippen molar-refractivity contribution in [3.8, 4) is 0 Å². The molecule has 0 atom stereocenters. The smallest absolute Gasteiger partial charge is 0.00450 e. The van der Waals surface area contributed by atoms with E-state index < -0.39 is 0 Å². The highest BCUT2D eigenvalue weighted by atomic mass is 15.1. The molecule has 0 aromatic carbocycles. The Morgan fingerprint density at radius 3 is 1.67 bits per heavy atom. The fourth-order valence-corrected chi connectivity index (χ4v) is 3.62. The highest BCUT2D eigenvalue weighted by molar-refractivity contribution is 5.01. The van der Waals surface area contributed by atoms with E-state index in [-0.39, 0.29) is 0 Å². The Balaban J connectivity index is 3.07. The maximum absolute atomic E-state index is 2.51. The molecule has 1 heterocycles. The molecule has 1 nitrogen and oxygen atoms in total. The molecule has 1 heteroatoms. The average Bonchev–Trinajstić information content (AvgIpc) is 1.99. The van der Waals surface area contributed by atoms with Crippen molar-refractivity contribution in [1.82, 2.24) is 4.90 Å². The Labute approximate surface area is 96.2 Å². The van der Waals surface area contributed by atoms with Gasteiger partial charge in [-0.15, -0.1) is 0 Å². The van der Waals surface area contributed by atoms with E-state index in [0.717, 1.165) is 0 Å². The molecule has 1 aliphatic rings. The lowest BCUT2D eigenvalue weighted by Gasteiger charge is -2.58. The van der Waals surface area contributed by atoms with Crippen molar-refractivity contribution in [3.63, 3.8) is 0 Å². The lowest BCUT2D eigenvalue weighted by atomic mass is 9.51. The molecule has 1 fully saturated rings. The second-order valence-electron chi connectivity index (χ2n) is 7.42. The first-order valence-electron chi connectivity index (χ1n) is 6.29. The van der Waals surface area contributed by atoms with Crippen molar-refractivity contribution in [2.75, 3.05) is 20.1 Å². The predicted octanol–water partition coefficient (Wildman–Crippen LogP) is 3.79. The van der Waals surface area contributed by atoms with Crippen LogP contribution in [0.5, 0.6) is 0 Å². The molecule has 90 valence electrons. The van der Waals surface area contributed by atoms with E-state index in [2.05, 4.69) is 53.5 Å². The molecular formula is C14H29N. The van der Waals surface area contributed by atoms with Crippen LogP contribution in [-0.2, 0) is 0 Å². The molecule has 0 amide bonds. The van der Waals surface area contributed by atoms with Gasteiger partial charge in [-0.05, 0) is 42.7 Å². The van der Waals surface area contributed by atoms with Crippen LogP contribution in [0.25, 0.3) is 0 Å². The molecule has 0 aliphatic carbocycles. The minimum absolute atomic E-state index is 0.389. The average molecular weight is 211 g/mol. The zero-order valence-electron chi connectivity index (χ0n) is 11.8. The summed E-state index contributed by atoms with van der Waals surface area (Å²) in [5.41, 5.74) is 1.23. The molecule has 0 saturated carbocycles. The molecule has 0 aromatic rings. The van der Waals surface area contributed by atoms with Crippen LogP contribution >= 0.6 is 0 Å². The normalized spacial score (nSPS) is 24.2. The highest BCUT2D eigenvalue weighted by Crippen LogP contribution is 2.56. The van der Waals surface area contributed by atoms with Gasteiger partial charge in [0.2, 0.25) is 0 Å². The Kier molecular flexibility index (Phi) is 3.27. The van der Waals surface area contributed by atoms with E-state index in [9.17, 15) is 0 Å². The van der Waals surface area contributed by atoms with Crippen molar-refractivity contribution in [2.45, 2.75) is 54.4 Å². The van der Waals surface area contributed by atoms with Crippen molar-refractivity contribution in [2.24, 2.45) is 16.2 Å². The van der Waals surface area contributed by atoms with Crippen molar-refractivity contribution in [3.05, 3.63) is 0 Å². The molecule has 1 saturated heterocycles. The predicted molar refractivity (Wildman–Crippen MR) is 68.1 cm³/mol. The van der Waals surface area contributed by atoms with Crippen LogP contribution in [0.1, 0.15) is 54.4 Å². The third-order valence-corrected chi connectivity index (χ3v) is 4.55. The molecule has 0 unspecified atom stereocenters. The number of likely N-dealkylation sites (tertiary alicyclic amines) is 1. The van der Waals surface area contributed by atoms with Gasteiger partial charge < -0.3 is 4.90 Å². The first-order valence-corrected chi connectivity index (χ1v) is 6.29. The maximum atomic E-state index is 2.51. The number of hydrogen-bond acceptors (Lipinski definition) is 1. The van der Waals surface area contributed by atoms with Crippen LogP contribution in [-0.4, -0.2) is 25.0 Å². The van der Waals surface area contributed by atoms with E-state index >= 15 is 0 Å². The van der Waals surface area contributed by atoms with E-state index in [0.29, 0.717) is 16.2 Å². The zero-order valence-corrected chi connectivity index (χ0v) is 11.8. The van der Waals surface area contributed by atoms with Crippen LogP contribution < -0.4 is 0 Å². The maximum Gasteiger partial charge on any atom is 0.00450 e. The number of piperidine rings is 1. The van der Waals surface area contributed by atoms with Crippen LogP contribution in [0.15, 0.2) is 0 Å². The quantitative estimate of drug-likeness (QED) is 0.589. The Hall–Kier alpha value is -0.0400. The van der Waals surface area contributed by atoms with E-state index in [1.807, 2.05) is 0 Å². The first kappa shape index (κ1) is 13.0. The Morgan fingerprint density at radius 1 is 0.933 bits per heavy atom. The van der Waals surface area contributed by atoms with Gasteiger partial charge in [-0.25, -0.2) is 0 Å². The number of hydrogen-bond donors (Lipinski definition) is 0. The van der Waals surface area contributed by atoms with Gasteiger partial charge in [0, 0.05) is 6.54 Å². The standard InChI is InChI=1S/C14H29N/c1-12(2,3)14(13(4,5)6)9-8-10-15(7)11-14/h8-11H2,1-7H3. The van der Waals surface area contributed by atoms with Crippen molar-refractivity contribution in [1.29, 1.82) is 0 Å². The van der Waals surface area contributed by atoms with Crippen LogP contribution in [0.4, 0.5) is 0 Å². The molecule has 0 spiro atoms. The molecule has 0 N–H and O–H groups in total. The van der Waals surface area contributed by atoms with Crippen molar-refractivity contribution < 1.29 is 0 Å². The Morgan fingerprint density at radius 2 is 1.40 bits per heavy atom. The van der Waals surface area contributed by atoms with E-state index in [1.54, 1.807) is 0 Å². The lowest BCUT2D eigenvalue weighted by molar-refractivity contribution is -0.0835. The molecule has 0 bridgehead atoms. The summed E-state index contributed by atoms with van der Waals surface area (Å²) in [4.78, 5) is 2.51. The van der Waals surface area contributed by atoms with Gasteiger partial charge in [0.1, 0.15) is 0 Å². The van der Waals surface area contributed by atoms with Gasteiger partial charge in [0.05, 0.1) is 0 Å². The SMILES string of the molecule is CN1CCCC(C(C)(C)C)(C(C)(C)C)C1. The first-order chi connectivity index (χ1) is 6.60. The zero-order chi connectivity index (χ0) is 11.9. The number of rotatable bonds is 0. The summed E-state index contributed by atoms with van der Waals surface area (Å²) in [6.07, 6.45) is 2.73. The summed E-state index contributed by atoms with van der Waals surface area (Å²) >= 11 is 0. The molecule has 0 aromatic heterocycles. The second-order valence-corrected chi connectivity index (χ2v) is 7.42. The van der Waals surface area contributed by atoms with Gasteiger partial charge in [0.25, 0.3) is 0 Å². The summed E-state index contributed by atoms with van der Waals surface area (Å²) in [5.74, 6) is 0. The second kappa shape index (κ2) is 3.76. The third-order valence-electron chi connectivity index (χ3n) is 4.55. The van der Waals surface area contributed by atoms with Crippen LogP contribution in [0.2, 0.25) is 0 Å². The van der Waals surface area contributed by atoms with Gasteiger partial charge in [-0.2, -0.15) is 0 Å². The summed E-state index contributed by atoms with van der Waals surface area (Å²) in [6.45, 7) is 17.0. The molecule has 1 aliphatic heterocycles. The molecule has 1 rings (SSSR count). The molecular weight excluding hydrogens is 182 g/mol. The fourth-order valence-electron chi connectivity index (χ4n) is 3.62. The minimum atomic E-state index is 0.389. The fraction of sp³-hybridized carbons (Fsp3) is 1.00. The van der Waals surface area contributed by atoms with Crippen molar-refractivity contribution >= 4 is 0 Å². The summed E-state index contributed by atoms with van der Waals surface area (Å²) in [6, 6.07) is 0. The van der Waals surface area contributed by atoms with Gasteiger partial charge in [-0.3, -0.25) is 0 Å².